The fourth-order valence-corrected chi connectivity index (χ4v) is 2.14. The van der Waals surface area contributed by atoms with Gasteiger partial charge in [0.25, 0.3) is 0 Å². The van der Waals surface area contributed by atoms with Crippen LogP contribution < -0.4 is 4.74 Å². The zero-order valence-corrected chi connectivity index (χ0v) is 10.7. The van der Waals surface area contributed by atoms with E-state index in [1.165, 1.54) is 0 Å². The van der Waals surface area contributed by atoms with Gasteiger partial charge in [0.2, 0.25) is 0 Å². The van der Waals surface area contributed by atoms with E-state index in [0.29, 0.717) is 19.4 Å². The zero-order valence-electron chi connectivity index (χ0n) is 10.7. The third-order valence-corrected chi connectivity index (χ3v) is 2.97. The van der Waals surface area contributed by atoms with Crippen LogP contribution in [0.4, 0.5) is 0 Å². The molecule has 0 saturated carbocycles. The van der Waals surface area contributed by atoms with Crippen molar-refractivity contribution in [1.82, 2.24) is 0 Å². The Morgan fingerprint density at radius 3 is 3.11 bits per heavy atom. The summed E-state index contributed by atoms with van der Waals surface area (Å²) in [5.74, 6) is 0.177. The normalized spacial score (nSPS) is 26.8. The van der Waals surface area contributed by atoms with Gasteiger partial charge < -0.3 is 14.2 Å². The van der Waals surface area contributed by atoms with Crippen molar-refractivity contribution in [1.29, 1.82) is 5.26 Å². The Morgan fingerprint density at radius 1 is 1.56 bits per heavy atom. The van der Waals surface area contributed by atoms with Gasteiger partial charge in [0.05, 0.1) is 32.3 Å². The summed E-state index contributed by atoms with van der Waals surface area (Å²) in [5.41, 5.74) is 1.09. The molecule has 1 aliphatic heterocycles. The number of ether oxygens (including phenoxy) is 3. The quantitative estimate of drug-likeness (QED) is 0.819. The molecule has 18 heavy (non-hydrogen) atoms. The van der Waals surface area contributed by atoms with Gasteiger partial charge in [0.15, 0.2) is 5.79 Å². The molecule has 0 bridgehead atoms. The topological polar surface area (TPSA) is 51.5 Å². The highest BCUT2D eigenvalue weighted by Gasteiger charge is 2.37. The molecular formula is C14H17NO3. The van der Waals surface area contributed by atoms with E-state index in [4.69, 9.17) is 19.5 Å². The maximum atomic E-state index is 8.65. The van der Waals surface area contributed by atoms with E-state index in [1.54, 1.807) is 7.11 Å². The van der Waals surface area contributed by atoms with Crippen LogP contribution >= 0.6 is 0 Å². The minimum atomic E-state index is -0.645. The fourth-order valence-electron chi connectivity index (χ4n) is 2.14. The Balaban J connectivity index is 2.02. The van der Waals surface area contributed by atoms with Gasteiger partial charge in [-0.2, -0.15) is 5.26 Å². The Bertz CT molecular complexity index is 455. The van der Waals surface area contributed by atoms with Crippen LogP contribution in [-0.2, 0) is 15.9 Å². The highest BCUT2D eigenvalue weighted by molar-refractivity contribution is 5.29. The molecule has 2 atom stereocenters. The summed E-state index contributed by atoms with van der Waals surface area (Å²) in [6, 6.07) is 9.93. The summed E-state index contributed by atoms with van der Waals surface area (Å²) in [6.07, 6.45) is 0.894. The number of rotatable bonds is 4. The van der Waals surface area contributed by atoms with E-state index in [0.717, 1.165) is 11.3 Å². The molecule has 0 N–H and O–H groups in total. The molecule has 0 spiro atoms. The number of methoxy groups -OCH3 is 1. The Morgan fingerprint density at radius 2 is 2.39 bits per heavy atom. The van der Waals surface area contributed by atoms with Crippen LogP contribution in [0.2, 0.25) is 0 Å². The van der Waals surface area contributed by atoms with Crippen LogP contribution in [-0.4, -0.2) is 25.6 Å². The molecule has 96 valence electrons. The van der Waals surface area contributed by atoms with Crippen molar-refractivity contribution < 1.29 is 14.2 Å². The number of benzene rings is 1. The summed E-state index contributed by atoms with van der Waals surface area (Å²) >= 11 is 0. The molecule has 0 radical (unpaired) electrons. The summed E-state index contributed by atoms with van der Waals surface area (Å²) in [4.78, 5) is 0. The van der Waals surface area contributed by atoms with Gasteiger partial charge in [-0.25, -0.2) is 0 Å². The first-order valence-corrected chi connectivity index (χ1v) is 5.97. The minimum Gasteiger partial charge on any atom is -0.497 e. The molecule has 0 aliphatic carbocycles. The summed E-state index contributed by atoms with van der Waals surface area (Å²) in [7, 11) is 1.65. The summed E-state index contributed by atoms with van der Waals surface area (Å²) < 4.78 is 16.6. The molecule has 1 fully saturated rings. The van der Waals surface area contributed by atoms with Gasteiger partial charge >= 0.3 is 0 Å². The average molecular weight is 247 g/mol. The SMILES string of the molecule is COc1cccc(CC2(C)OCC(CC#N)O2)c1. The number of hydrogen-bond acceptors (Lipinski definition) is 4. The first kappa shape index (κ1) is 12.9. The molecule has 2 rings (SSSR count). The molecule has 0 amide bonds. The van der Waals surface area contributed by atoms with Crippen molar-refractivity contribution in [2.45, 2.75) is 31.7 Å². The van der Waals surface area contributed by atoms with Crippen LogP contribution in [0.5, 0.6) is 5.75 Å². The van der Waals surface area contributed by atoms with Crippen LogP contribution in [0.15, 0.2) is 24.3 Å². The Hall–Kier alpha value is -1.57. The second-order valence-electron chi connectivity index (χ2n) is 4.58. The molecular weight excluding hydrogens is 230 g/mol. The smallest absolute Gasteiger partial charge is 0.170 e. The van der Waals surface area contributed by atoms with Gasteiger partial charge in [0, 0.05) is 6.42 Å². The lowest BCUT2D eigenvalue weighted by atomic mass is 10.1. The van der Waals surface area contributed by atoms with E-state index in [-0.39, 0.29) is 6.10 Å². The number of hydrogen-bond donors (Lipinski definition) is 0. The lowest BCUT2D eigenvalue weighted by Crippen LogP contribution is -2.29. The van der Waals surface area contributed by atoms with Crippen molar-refractivity contribution in [2.24, 2.45) is 0 Å². The van der Waals surface area contributed by atoms with Crippen molar-refractivity contribution in [2.75, 3.05) is 13.7 Å². The third-order valence-electron chi connectivity index (χ3n) is 2.97. The van der Waals surface area contributed by atoms with E-state index >= 15 is 0 Å². The molecule has 2 unspecified atom stereocenters. The standard InChI is InChI=1S/C14H17NO3/c1-14(17-10-13(18-14)6-7-15)9-11-4-3-5-12(8-11)16-2/h3-5,8,13H,6,9-10H2,1-2H3. The first-order chi connectivity index (χ1) is 8.65. The van der Waals surface area contributed by atoms with Crippen LogP contribution in [0.1, 0.15) is 18.9 Å². The summed E-state index contributed by atoms with van der Waals surface area (Å²) in [6.45, 7) is 2.39. The molecule has 1 saturated heterocycles. The Kier molecular flexibility index (Phi) is 3.85. The lowest BCUT2D eigenvalue weighted by Gasteiger charge is -2.23. The fraction of sp³-hybridized carbons (Fsp3) is 0.500. The van der Waals surface area contributed by atoms with E-state index in [2.05, 4.69) is 6.07 Å². The maximum Gasteiger partial charge on any atom is 0.170 e. The monoisotopic (exact) mass is 247 g/mol. The van der Waals surface area contributed by atoms with Crippen LogP contribution in [0.25, 0.3) is 0 Å². The first-order valence-electron chi connectivity index (χ1n) is 5.97. The second-order valence-corrected chi connectivity index (χ2v) is 4.58. The molecule has 1 aliphatic rings. The predicted octanol–water partition coefficient (Wildman–Crippen LogP) is 2.28. The average Bonchev–Trinajstić information content (AvgIpc) is 2.71. The lowest BCUT2D eigenvalue weighted by molar-refractivity contribution is -0.151. The largest absolute Gasteiger partial charge is 0.497 e. The highest BCUT2D eigenvalue weighted by Crippen LogP contribution is 2.29. The van der Waals surface area contributed by atoms with E-state index in [1.807, 2.05) is 31.2 Å². The van der Waals surface area contributed by atoms with Gasteiger partial charge in [-0.15, -0.1) is 0 Å². The summed E-state index contributed by atoms with van der Waals surface area (Å²) in [5, 5.41) is 8.65. The maximum absolute atomic E-state index is 8.65. The van der Waals surface area contributed by atoms with Crippen LogP contribution in [0, 0.1) is 11.3 Å². The van der Waals surface area contributed by atoms with Crippen LogP contribution in [0.3, 0.4) is 0 Å². The molecule has 1 aromatic carbocycles. The van der Waals surface area contributed by atoms with E-state index in [9.17, 15) is 0 Å². The number of nitriles is 1. The third kappa shape index (κ3) is 3.00. The highest BCUT2D eigenvalue weighted by atomic mass is 16.7. The van der Waals surface area contributed by atoms with Gasteiger partial charge in [-0.05, 0) is 24.6 Å². The van der Waals surface area contributed by atoms with Crippen molar-refractivity contribution in [3.05, 3.63) is 29.8 Å². The van der Waals surface area contributed by atoms with Crippen molar-refractivity contribution >= 4 is 0 Å². The van der Waals surface area contributed by atoms with Crippen molar-refractivity contribution in [3.8, 4) is 11.8 Å². The van der Waals surface area contributed by atoms with Crippen molar-refractivity contribution in [3.63, 3.8) is 0 Å². The molecule has 1 aromatic rings. The minimum absolute atomic E-state index is 0.120. The predicted molar refractivity (Wildman–Crippen MR) is 66.2 cm³/mol. The van der Waals surface area contributed by atoms with Gasteiger partial charge in [0.1, 0.15) is 5.75 Å². The molecule has 1 heterocycles. The second kappa shape index (κ2) is 5.38. The van der Waals surface area contributed by atoms with Gasteiger partial charge in [-0.1, -0.05) is 12.1 Å². The molecule has 4 heteroatoms. The molecule has 0 aromatic heterocycles. The molecule has 4 nitrogen and oxygen atoms in total. The van der Waals surface area contributed by atoms with Gasteiger partial charge in [-0.3, -0.25) is 0 Å². The number of nitrogens with zero attached hydrogens (tertiary/aromatic N) is 1. The van der Waals surface area contributed by atoms with E-state index < -0.39 is 5.79 Å². The zero-order chi connectivity index (χ0) is 13.0. The Labute approximate surface area is 107 Å².